The third-order valence-electron chi connectivity index (χ3n) is 5.54. The Hall–Kier alpha value is -2.52. The Morgan fingerprint density at radius 3 is 2.74 bits per heavy atom. The predicted molar refractivity (Wildman–Crippen MR) is 123 cm³/mol. The summed E-state index contributed by atoms with van der Waals surface area (Å²) in [6.45, 7) is 9.48. The number of hydrogen-bond acceptors (Lipinski definition) is 8. The highest BCUT2D eigenvalue weighted by molar-refractivity contribution is 7.21. The number of aryl methyl sites for hydroxylation is 1. The normalized spacial score (nSPS) is 19.1. The van der Waals surface area contributed by atoms with Crippen LogP contribution in [0.2, 0.25) is 0 Å². The van der Waals surface area contributed by atoms with E-state index in [2.05, 4.69) is 31.4 Å². The summed E-state index contributed by atoms with van der Waals surface area (Å²) in [6, 6.07) is 2.11. The predicted octanol–water partition coefficient (Wildman–Crippen LogP) is 3.62. The van der Waals surface area contributed by atoms with Crippen molar-refractivity contribution in [2.75, 3.05) is 23.8 Å². The molecule has 4 rings (SSSR count). The van der Waals surface area contributed by atoms with Gasteiger partial charge in [0, 0.05) is 30.0 Å². The number of rotatable bonds is 6. The van der Waals surface area contributed by atoms with Gasteiger partial charge in [0.2, 0.25) is 18.3 Å². The van der Waals surface area contributed by atoms with Gasteiger partial charge in [-0.1, -0.05) is 20.8 Å². The zero-order valence-corrected chi connectivity index (χ0v) is 19.3. The zero-order valence-electron chi connectivity index (χ0n) is 18.5. The lowest BCUT2D eigenvalue weighted by Crippen LogP contribution is -2.27. The highest BCUT2D eigenvalue weighted by Gasteiger charge is 2.27. The zero-order chi connectivity index (χ0) is 22.2. The Labute approximate surface area is 186 Å². The fraction of sp³-hybridized carbons (Fsp3) is 0.545. The number of anilines is 2. The summed E-state index contributed by atoms with van der Waals surface area (Å²) in [5, 5.41) is 27.1. The molecule has 1 aliphatic carbocycles. The summed E-state index contributed by atoms with van der Waals surface area (Å²) in [5.74, 6) is 1.71. The van der Waals surface area contributed by atoms with Crippen molar-refractivity contribution in [2.45, 2.75) is 53.0 Å². The van der Waals surface area contributed by atoms with Crippen LogP contribution in [0.25, 0.3) is 20.8 Å². The van der Waals surface area contributed by atoms with Crippen LogP contribution < -0.4 is 15.4 Å². The highest BCUT2D eigenvalue weighted by Crippen LogP contribution is 2.37. The molecule has 2 atom stereocenters. The van der Waals surface area contributed by atoms with Gasteiger partial charge in [0.1, 0.15) is 10.8 Å². The fourth-order valence-electron chi connectivity index (χ4n) is 3.90. The van der Waals surface area contributed by atoms with Crippen molar-refractivity contribution < 1.29 is 15.0 Å². The van der Waals surface area contributed by atoms with Crippen LogP contribution in [0.4, 0.5) is 11.8 Å². The standard InChI is InChI=1S/C22H31N6O2S/c1-13-18(20-26-16-10-28(30)8-7-17(16)31-20)19(25-15-6-5-14(9-15)11-29)27-21(24-13)23-12-22(2,3)4/h7-8,10,14-15,29-30H,5-6,9,11-12H2,1-4H3,(H2,23,24,25,27)/q+1. The number of fused-ring (bicyclic) bond motifs is 1. The second-order valence-corrected chi connectivity index (χ2v) is 10.6. The quantitative estimate of drug-likeness (QED) is 0.340. The van der Waals surface area contributed by atoms with Gasteiger partial charge < -0.3 is 15.7 Å². The lowest BCUT2D eigenvalue weighted by molar-refractivity contribution is -0.904. The fourth-order valence-corrected chi connectivity index (χ4v) is 4.93. The van der Waals surface area contributed by atoms with Crippen LogP contribution in [0.1, 0.15) is 45.7 Å². The molecule has 1 fully saturated rings. The van der Waals surface area contributed by atoms with Crippen molar-refractivity contribution in [3.05, 3.63) is 24.2 Å². The molecular weight excluding hydrogens is 412 g/mol. The molecule has 2 unspecified atom stereocenters. The van der Waals surface area contributed by atoms with Crippen molar-refractivity contribution >= 4 is 33.3 Å². The Morgan fingerprint density at radius 2 is 2.03 bits per heavy atom. The Morgan fingerprint density at radius 1 is 1.23 bits per heavy atom. The van der Waals surface area contributed by atoms with E-state index in [0.29, 0.717) is 11.9 Å². The van der Waals surface area contributed by atoms with Crippen molar-refractivity contribution in [2.24, 2.45) is 11.3 Å². The van der Waals surface area contributed by atoms with Gasteiger partial charge in [0.15, 0.2) is 5.52 Å². The highest BCUT2D eigenvalue weighted by atomic mass is 32.1. The average Bonchev–Trinajstić information content (AvgIpc) is 3.31. The molecule has 4 N–H and O–H groups in total. The minimum atomic E-state index is 0.107. The van der Waals surface area contributed by atoms with E-state index < -0.39 is 0 Å². The van der Waals surface area contributed by atoms with Crippen LogP contribution in [0, 0.1) is 18.3 Å². The first-order valence-electron chi connectivity index (χ1n) is 10.7. The van der Waals surface area contributed by atoms with E-state index in [-0.39, 0.29) is 18.1 Å². The molecule has 1 saturated carbocycles. The maximum absolute atomic E-state index is 9.73. The first-order valence-corrected chi connectivity index (χ1v) is 11.5. The first-order chi connectivity index (χ1) is 14.7. The van der Waals surface area contributed by atoms with Gasteiger partial charge in [0.05, 0.1) is 16.0 Å². The molecule has 0 saturated heterocycles. The molecule has 0 bridgehead atoms. The molecule has 3 aromatic rings. The van der Waals surface area contributed by atoms with Gasteiger partial charge in [-0.05, 0) is 37.5 Å². The summed E-state index contributed by atoms with van der Waals surface area (Å²) in [5.41, 5.74) is 2.57. The van der Waals surface area contributed by atoms with Gasteiger partial charge in [-0.25, -0.2) is 9.97 Å². The molecule has 1 aliphatic rings. The van der Waals surface area contributed by atoms with Crippen molar-refractivity contribution in [3.8, 4) is 10.6 Å². The second kappa shape index (κ2) is 8.55. The summed E-state index contributed by atoms with van der Waals surface area (Å²) in [7, 11) is 0. The average molecular weight is 444 g/mol. The SMILES string of the molecule is Cc1nc(NCC(C)(C)C)nc(NC2CCC(CO)C2)c1-c1nc2c[n+](O)ccc2s1. The Bertz CT molecular complexity index is 1080. The third-order valence-corrected chi connectivity index (χ3v) is 6.59. The Balaban J connectivity index is 1.72. The molecule has 3 heterocycles. The minimum Gasteiger partial charge on any atom is -0.396 e. The summed E-state index contributed by atoms with van der Waals surface area (Å²) >= 11 is 1.56. The molecule has 3 aromatic heterocycles. The van der Waals surface area contributed by atoms with Gasteiger partial charge in [-0.3, -0.25) is 5.21 Å². The molecule has 0 aromatic carbocycles. The number of aliphatic hydroxyl groups excluding tert-OH is 1. The number of nitrogens with one attached hydrogen (secondary N) is 2. The van der Waals surface area contributed by atoms with Crippen LogP contribution in [0.3, 0.4) is 0 Å². The van der Waals surface area contributed by atoms with E-state index in [0.717, 1.165) is 62.8 Å². The maximum Gasteiger partial charge on any atom is 0.249 e. The van der Waals surface area contributed by atoms with E-state index in [1.54, 1.807) is 23.7 Å². The van der Waals surface area contributed by atoms with Gasteiger partial charge in [-0.2, -0.15) is 4.98 Å². The van der Waals surface area contributed by atoms with E-state index in [1.807, 2.05) is 13.0 Å². The van der Waals surface area contributed by atoms with Crippen LogP contribution in [-0.2, 0) is 0 Å². The molecule has 0 aliphatic heterocycles. The number of hydrogen-bond donors (Lipinski definition) is 4. The molecule has 0 amide bonds. The first kappa shape index (κ1) is 21.7. The molecular formula is C22H31N6O2S+. The monoisotopic (exact) mass is 443 g/mol. The number of nitrogens with zero attached hydrogens (tertiary/aromatic N) is 4. The van der Waals surface area contributed by atoms with E-state index >= 15 is 0 Å². The molecule has 0 spiro atoms. The van der Waals surface area contributed by atoms with Crippen LogP contribution >= 0.6 is 11.3 Å². The molecule has 9 heteroatoms. The lowest BCUT2D eigenvalue weighted by atomic mass is 9.97. The molecule has 0 radical (unpaired) electrons. The number of pyridine rings is 1. The third kappa shape index (κ3) is 5.04. The number of aliphatic hydroxyl groups is 1. The van der Waals surface area contributed by atoms with E-state index in [1.165, 1.54) is 0 Å². The molecule has 31 heavy (non-hydrogen) atoms. The summed E-state index contributed by atoms with van der Waals surface area (Å²) in [6.07, 6.45) is 6.14. The van der Waals surface area contributed by atoms with Crippen LogP contribution in [0.15, 0.2) is 18.5 Å². The largest absolute Gasteiger partial charge is 0.396 e. The topological polar surface area (TPSA) is 107 Å². The maximum atomic E-state index is 9.73. The van der Waals surface area contributed by atoms with Crippen molar-refractivity contribution in [1.29, 1.82) is 0 Å². The molecule has 8 nitrogen and oxygen atoms in total. The van der Waals surface area contributed by atoms with Gasteiger partial charge in [-0.15, -0.1) is 11.3 Å². The van der Waals surface area contributed by atoms with Crippen molar-refractivity contribution in [1.82, 2.24) is 15.0 Å². The van der Waals surface area contributed by atoms with E-state index in [4.69, 9.17) is 15.0 Å². The molecule has 166 valence electrons. The minimum absolute atomic E-state index is 0.107. The number of aromatic nitrogens is 4. The number of thiazole rings is 1. The van der Waals surface area contributed by atoms with E-state index in [9.17, 15) is 10.3 Å². The summed E-state index contributed by atoms with van der Waals surface area (Å²) < 4.78 is 2.00. The van der Waals surface area contributed by atoms with Crippen LogP contribution in [0.5, 0.6) is 0 Å². The lowest BCUT2D eigenvalue weighted by Gasteiger charge is -2.21. The second-order valence-electron chi connectivity index (χ2n) is 9.57. The van der Waals surface area contributed by atoms with Gasteiger partial charge >= 0.3 is 0 Å². The van der Waals surface area contributed by atoms with Gasteiger partial charge in [0.25, 0.3) is 0 Å². The Kier molecular flexibility index (Phi) is 5.98. The summed E-state index contributed by atoms with van der Waals surface area (Å²) in [4.78, 5) is 14.3. The van der Waals surface area contributed by atoms with Crippen LogP contribution in [-0.4, -0.2) is 44.5 Å². The smallest absolute Gasteiger partial charge is 0.249 e. The van der Waals surface area contributed by atoms with Crippen molar-refractivity contribution in [3.63, 3.8) is 0 Å².